The van der Waals surface area contributed by atoms with E-state index in [0.29, 0.717) is 13.0 Å². The van der Waals surface area contributed by atoms with Crippen molar-refractivity contribution in [1.82, 2.24) is 10.2 Å². The Labute approximate surface area is 161 Å². The summed E-state index contributed by atoms with van der Waals surface area (Å²) >= 11 is 0. The maximum atomic E-state index is 12.3. The van der Waals surface area contributed by atoms with Crippen LogP contribution in [0, 0.1) is 16.0 Å². The Hall–Kier alpha value is -2.36. The summed E-state index contributed by atoms with van der Waals surface area (Å²) in [5, 5.41) is 13.7. The van der Waals surface area contributed by atoms with Crippen molar-refractivity contribution in [1.29, 1.82) is 0 Å². The summed E-state index contributed by atoms with van der Waals surface area (Å²) in [6.07, 6.45) is -1.58. The van der Waals surface area contributed by atoms with Gasteiger partial charge in [0.05, 0.1) is 4.92 Å². The van der Waals surface area contributed by atoms with Gasteiger partial charge in [0.1, 0.15) is 11.3 Å². The highest BCUT2D eigenvalue weighted by atomic mass is 19.4. The van der Waals surface area contributed by atoms with E-state index in [4.69, 9.17) is 0 Å². The number of hydrogen-bond acceptors (Lipinski definition) is 5. The van der Waals surface area contributed by atoms with Crippen LogP contribution in [-0.2, 0) is 0 Å². The molecule has 0 radical (unpaired) electrons. The number of carbonyl (C=O) groups is 1. The third-order valence-electron chi connectivity index (χ3n) is 4.62. The number of amides is 1. The Balaban J connectivity index is 1.91. The molecule has 1 N–H and O–H groups in total. The molecule has 156 valence electrons. The Morgan fingerprint density at radius 1 is 1.36 bits per heavy atom. The number of halogens is 3. The topological polar surface area (TPSA) is 84.7 Å². The molecule has 1 aromatic carbocycles. The first-order valence-electron chi connectivity index (χ1n) is 9.14. The molecule has 2 rings (SSSR count). The monoisotopic (exact) mass is 403 g/mol. The molecule has 0 bridgehead atoms. The largest absolute Gasteiger partial charge is 0.484 e. The Kier molecular flexibility index (Phi) is 7.61. The molecule has 1 saturated heterocycles. The van der Waals surface area contributed by atoms with E-state index in [9.17, 15) is 28.1 Å². The van der Waals surface area contributed by atoms with Crippen LogP contribution in [0.1, 0.15) is 36.5 Å². The van der Waals surface area contributed by atoms with Gasteiger partial charge in [-0.1, -0.05) is 6.92 Å². The molecule has 1 aliphatic rings. The minimum absolute atomic E-state index is 0.254. The lowest BCUT2D eigenvalue weighted by atomic mass is 9.99. The zero-order valence-electron chi connectivity index (χ0n) is 15.6. The van der Waals surface area contributed by atoms with Crippen LogP contribution in [-0.4, -0.2) is 54.7 Å². The van der Waals surface area contributed by atoms with E-state index in [1.165, 1.54) is 0 Å². The van der Waals surface area contributed by atoms with Crippen LogP contribution in [0.15, 0.2) is 18.2 Å². The van der Waals surface area contributed by atoms with E-state index in [1.54, 1.807) is 0 Å². The molecule has 10 heteroatoms. The van der Waals surface area contributed by atoms with Gasteiger partial charge < -0.3 is 15.0 Å². The summed E-state index contributed by atoms with van der Waals surface area (Å²) in [4.78, 5) is 25.0. The number of nitro benzene ring substituents is 1. The Bertz CT molecular complexity index is 689. The summed E-state index contributed by atoms with van der Waals surface area (Å²) in [6, 6.07) is 2.97. The van der Waals surface area contributed by atoms with Crippen molar-refractivity contribution >= 4 is 11.6 Å². The van der Waals surface area contributed by atoms with E-state index in [1.807, 2.05) is 0 Å². The minimum atomic E-state index is -4.55. The molecular weight excluding hydrogens is 379 g/mol. The fourth-order valence-electron chi connectivity index (χ4n) is 3.00. The molecule has 0 aliphatic carbocycles. The average molecular weight is 403 g/mol. The maximum Gasteiger partial charge on any atom is 0.422 e. The van der Waals surface area contributed by atoms with Gasteiger partial charge in [0.25, 0.3) is 11.6 Å². The predicted molar refractivity (Wildman–Crippen MR) is 96.4 cm³/mol. The first-order valence-corrected chi connectivity index (χ1v) is 9.14. The number of nitrogens with one attached hydrogen (secondary N) is 1. The summed E-state index contributed by atoms with van der Waals surface area (Å²) in [7, 11) is 0. The van der Waals surface area contributed by atoms with Gasteiger partial charge in [-0.15, -0.1) is 0 Å². The highest BCUT2D eigenvalue weighted by Gasteiger charge is 2.29. The minimum Gasteiger partial charge on any atom is -0.484 e. The highest BCUT2D eigenvalue weighted by molar-refractivity contribution is 5.98. The fraction of sp³-hybridized carbons (Fsp3) is 0.611. The molecule has 1 heterocycles. The number of alkyl halides is 3. The number of ether oxygens (including phenoxy) is 1. The Morgan fingerprint density at radius 3 is 2.64 bits per heavy atom. The predicted octanol–water partition coefficient (Wildman–Crippen LogP) is 3.39. The second-order valence-electron chi connectivity index (χ2n) is 6.97. The van der Waals surface area contributed by atoms with Gasteiger partial charge in [-0.25, -0.2) is 0 Å². The van der Waals surface area contributed by atoms with Crippen molar-refractivity contribution in [3.05, 3.63) is 33.9 Å². The fourth-order valence-corrected chi connectivity index (χ4v) is 3.00. The van der Waals surface area contributed by atoms with Crippen molar-refractivity contribution in [2.24, 2.45) is 5.92 Å². The van der Waals surface area contributed by atoms with E-state index >= 15 is 0 Å². The number of carbonyl (C=O) groups excluding carboxylic acids is 1. The number of rotatable bonds is 8. The van der Waals surface area contributed by atoms with Gasteiger partial charge in [-0.05, 0) is 56.9 Å². The summed E-state index contributed by atoms with van der Waals surface area (Å²) in [5.74, 6) is -0.240. The van der Waals surface area contributed by atoms with Crippen LogP contribution >= 0.6 is 0 Å². The smallest absolute Gasteiger partial charge is 0.422 e. The molecule has 0 aromatic heterocycles. The van der Waals surface area contributed by atoms with Gasteiger partial charge in [0.2, 0.25) is 0 Å². The molecule has 1 aliphatic heterocycles. The summed E-state index contributed by atoms with van der Waals surface area (Å²) in [6.45, 7) is 3.83. The Morgan fingerprint density at radius 2 is 2.04 bits per heavy atom. The lowest BCUT2D eigenvalue weighted by Crippen LogP contribution is -2.35. The molecule has 0 unspecified atom stereocenters. The third kappa shape index (κ3) is 6.99. The van der Waals surface area contributed by atoms with E-state index in [2.05, 4.69) is 21.9 Å². The number of nitrogens with zero attached hydrogens (tertiary/aromatic N) is 2. The second kappa shape index (κ2) is 9.72. The quantitative estimate of drug-likeness (QED) is 0.409. The summed E-state index contributed by atoms with van der Waals surface area (Å²) < 4.78 is 41.4. The van der Waals surface area contributed by atoms with Crippen LogP contribution in [0.3, 0.4) is 0 Å². The molecule has 1 fully saturated rings. The van der Waals surface area contributed by atoms with Crippen LogP contribution in [0.2, 0.25) is 0 Å². The molecule has 1 amide bonds. The SMILES string of the molecule is CC1CCN(CCCNC(=O)c2cc(OCC(F)(F)F)ccc2[N+](=O)[O-])CC1. The van der Waals surface area contributed by atoms with Crippen molar-refractivity contribution in [2.45, 2.75) is 32.4 Å². The first kappa shape index (κ1) is 21.9. The highest BCUT2D eigenvalue weighted by Crippen LogP contribution is 2.26. The number of benzene rings is 1. The van der Waals surface area contributed by atoms with Gasteiger partial charge in [0.15, 0.2) is 6.61 Å². The molecule has 0 atom stereocenters. The lowest BCUT2D eigenvalue weighted by molar-refractivity contribution is -0.385. The van der Waals surface area contributed by atoms with Crippen molar-refractivity contribution in [3.63, 3.8) is 0 Å². The average Bonchev–Trinajstić information content (AvgIpc) is 2.64. The van der Waals surface area contributed by atoms with Crippen molar-refractivity contribution < 1.29 is 27.6 Å². The first-order chi connectivity index (χ1) is 13.2. The number of nitro groups is 1. The van der Waals surface area contributed by atoms with Gasteiger partial charge in [-0.2, -0.15) is 13.2 Å². The van der Waals surface area contributed by atoms with Crippen LogP contribution in [0.4, 0.5) is 18.9 Å². The number of likely N-dealkylation sites (tertiary alicyclic amines) is 1. The standard InChI is InChI=1S/C18H24F3N3O4/c1-13-5-9-23(10-6-13)8-2-7-22-17(25)15-11-14(28-12-18(19,20)21)3-4-16(15)24(26)27/h3-4,11,13H,2,5-10,12H2,1H3,(H,22,25). The zero-order chi connectivity index (χ0) is 20.7. The van der Waals surface area contributed by atoms with Gasteiger partial charge in [-0.3, -0.25) is 14.9 Å². The molecule has 7 nitrogen and oxygen atoms in total. The summed E-state index contributed by atoms with van der Waals surface area (Å²) in [5.41, 5.74) is -0.807. The maximum absolute atomic E-state index is 12.3. The molecule has 0 saturated carbocycles. The number of hydrogen-bond donors (Lipinski definition) is 1. The molecule has 1 aromatic rings. The molecular formula is C18H24F3N3O4. The number of piperidine rings is 1. The van der Waals surface area contributed by atoms with Gasteiger partial charge >= 0.3 is 6.18 Å². The van der Waals surface area contributed by atoms with E-state index < -0.39 is 29.3 Å². The van der Waals surface area contributed by atoms with E-state index in [-0.39, 0.29) is 11.3 Å². The van der Waals surface area contributed by atoms with Crippen LogP contribution in [0.5, 0.6) is 5.75 Å². The van der Waals surface area contributed by atoms with Gasteiger partial charge in [0, 0.05) is 12.6 Å². The molecule has 28 heavy (non-hydrogen) atoms. The normalized spacial score (nSPS) is 16.0. The third-order valence-corrected chi connectivity index (χ3v) is 4.62. The lowest BCUT2D eigenvalue weighted by Gasteiger charge is -2.30. The van der Waals surface area contributed by atoms with Crippen LogP contribution in [0.25, 0.3) is 0 Å². The van der Waals surface area contributed by atoms with Crippen molar-refractivity contribution in [3.8, 4) is 5.75 Å². The molecule has 0 spiro atoms. The van der Waals surface area contributed by atoms with Crippen LogP contribution < -0.4 is 10.1 Å². The van der Waals surface area contributed by atoms with E-state index in [0.717, 1.165) is 56.6 Å². The second-order valence-corrected chi connectivity index (χ2v) is 6.97. The zero-order valence-corrected chi connectivity index (χ0v) is 15.6. The van der Waals surface area contributed by atoms with Crippen molar-refractivity contribution in [2.75, 3.05) is 32.8 Å².